The summed E-state index contributed by atoms with van der Waals surface area (Å²) >= 11 is 0. The van der Waals surface area contributed by atoms with Gasteiger partial charge in [-0.25, -0.2) is 9.67 Å². The Morgan fingerprint density at radius 1 is 1.36 bits per heavy atom. The van der Waals surface area contributed by atoms with Gasteiger partial charge in [-0.15, -0.1) is 5.10 Å². The van der Waals surface area contributed by atoms with Crippen LogP contribution < -0.4 is 5.73 Å². The van der Waals surface area contributed by atoms with Gasteiger partial charge in [-0.3, -0.25) is 0 Å². The summed E-state index contributed by atoms with van der Waals surface area (Å²) in [6.07, 6.45) is 1.72. The van der Waals surface area contributed by atoms with Crippen molar-refractivity contribution < 1.29 is 0 Å². The number of rotatable bonds is 1. The molecule has 0 amide bonds. The third-order valence-corrected chi connectivity index (χ3v) is 2.05. The predicted molar refractivity (Wildman–Crippen MR) is 53.4 cm³/mol. The van der Waals surface area contributed by atoms with Crippen molar-refractivity contribution in [3.8, 4) is 11.3 Å². The van der Waals surface area contributed by atoms with Gasteiger partial charge >= 0.3 is 0 Å². The van der Waals surface area contributed by atoms with Gasteiger partial charge in [-0.1, -0.05) is 5.21 Å². The van der Waals surface area contributed by atoms with Crippen LogP contribution in [0.2, 0.25) is 0 Å². The molecule has 0 atom stereocenters. The highest BCUT2D eigenvalue weighted by Gasteiger charge is 2.08. The number of hydrogen-bond acceptors (Lipinski definition) is 4. The van der Waals surface area contributed by atoms with Gasteiger partial charge in [-0.2, -0.15) is 0 Å². The molecular weight excluding hydrogens is 178 g/mol. The second-order valence-electron chi connectivity index (χ2n) is 3.12. The number of pyridine rings is 1. The first kappa shape index (κ1) is 8.68. The molecule has 2 aromatic rings. The number of nitrogen functional groups attached to an aromatic ring is 1. The fraction of sp³-hybridized carbons (Fsp3) is 0.222. The Morgan fingerprint density at radius 2 is 2.14 bits per heavy atom. The lowest BCUT2D eigenvalue weighted by molar-refractivity contribution is 0.719. The van der Waals surface area contributed by atoms with Crippen molar-refractivity contribution in [1.29, 1.82) is 0 Å². The first-order chi connectivity index (χ1) is 6.68. The Balaban J connectivity index is 2.54. The maximum atomic E-state index is 5.51. The first-order valence-electron chi connectivity index (χ1n) is 4.26. The summed E-state index contributed by atoms with van der Waals surface area (Å²) in [6.45, 7) is 1.92. The molecule has 0 spiro atoms. The molecule has 2 N–H and O–H groups in total. The smallest absolute Gasteiger partial charge is 0.123 e. The molecule has 0 bridgehead atoms. The summed E-state index contributed by atoms with van der Waals surface area (Å²) in [6, 6.07) is 3.68. The standard InChI is InChI=1S/C9H11N5/c1-6-9(14(2)13-12-6)7-3-4-8(10)11-5-7/h3-5H,1-2H3,(H2,10,11). The van der Waals surface area contributed by atoms with Crippen LogP contribution >= 0.6 is 0 Å². The highest BCUT2D eigenvalue weighted by atomic mass is 15.4. The Hall–Kier alpha value is -1.91. The summed E-state index contributed by atoms with van der Waals surface area (Å²) in [7, 11) is 1.85. The van der Waals surface area contributed by atoms with Crippen LogP contribution in [0, 0.1) is 6.92 Å². The van der Waals surface area contributed by atoms with Gasteiger partial charge in [0.15, 0.2) is 0 Å². The van der Waals surface area contributed by atoms with Gasteiger partial charge in [-0.05, 0) is 19.1 Å². The average molecular weight is 189 g/mol. The number of aromatic nitrogens is 4. The van der Waals surface area contributed by atoms with E-state index in [9.17, 15) is 0 Å². The molecule has 0 aliphatic rings. The number of hydrogen-bond donors (Lipinski definition) is 1. The summed E-state index contributed by atoms with van der Waals surface area (Å²) in [5.74, 6) is 0.515. The fourth-order valence-corrected chi connectivity index (χ4v) is 1.40. The fourth-order valence-electron chi connectivity index (χ4n) is 1.40. The van der Waals surface area contributed by atoms with E-state index in [1.165, 1.54) is 0 Å². The van der Waals surface area contributed by atoms with Gasteiger partial charge in [0.2, 0.25) is 0 Å². The Labute approximate surface area is 81.6 Å². The van der Waals surface area contributed by atoms with E-state index in [2.05, 4.69) is 15.3 Å². The van der Waals surface area contributed by atoms with Crippen LogP contribution in [0.1, 0.15) is 5.69 Å². The minimum absolute atomic E-state index is 0.515. The zero-order chi connectivity index (χ0) is 10.1. The van der Waals surface area contributed by atoms with Crippen molar-refractivity contribution in [3.63, 3.8) is 0 Å². The molecule has 0 aliphatic carbocycles. The van der Waals surface area contributed by atoms with Gasteiger partial charge in [0.25, 0.3) is 0 Å². The minimum Gasteiger partial charge on any atom is -0.384 e. The topological polar surface area (TPSA) is 69.6 Å². The highest BCUT2D eigenvalue weighted by Crippen LogP contribution is 2.20. The summed E-state index contributed by atoms with van der Waals surface area (Å²) < 4.78 is 1.72. The second kappa shape index (κ2) is 3.10. The lowest BCUT2D eigenvalue weighted by Gasteiger charge is -2.01. The van der Waals surface area contributed by atoms with E-state index in [4.69, 9.17) is 5.73 Å². The van der Waals surface area contributed by atoms with E-state index in [0.29, 0.717) is 5.82 Å². The SMILES string of the molecule is Cc1nnn(C)c1-c1ccc(N)nc1. The first-order valence-corrected chi connectivity index (χ1v) is 4.26. The molecule has 0 unspecified atom stereocenters. The lowest BCUT2D eigenvalue weighted by Crippen LogP contribution is -1.96. The van der Waals surface area contributed by atoms with Crippen LogP contribution in [0.3, 0.4) is 0 Å². The van der Waals surface area contributed by atoms with Crippen molar-refractivity contribution in [2.24, 2.45) is 7.05 Å². The molecule has 14 heavy (non-hydrogen) atoms. The van der Waals surface area contributed by atoms with Crippen molar-refractivity contribution in [2.45, 2.75) is 6.92 Å². The van der Waals surface area contributed by atoms with E-state index in [1.54, 1.807) is 16.9 Å². The van der Waals surface area contributed by atoms with Crippen molar-refractivity contribution >= 4 is 5.82 Å². The molecule has 0 aromatic carbocycles. The second-order valence-corrected chi connectivity index (χ2v) is 3.12. The summed E-state index contributed by atoms with van der Waals surface area (Å²) in [4.78, 5) is 4.03. The van der Waals surface area contributed by atoms with Gasteiger partial charge in [0.1, 0.15) is 5.82 Å². The van der Waals surface area contributed by atoms with Gasteiger partial charge in [0.05, 0.1) is 11.4 Å². The van der Waals surface area contributed by atoms with Crippen LogP contribution in [0.4, 0.5) is 5.82 Å². The maximum Gasteiger partial charge on any atom is 0.123 e. The number of anilines is 1. The molecular formula is C9H11N5. The van der Waals surface area contributed by atoms with Crippen molar-refractivity contribution in [2.75, 3.05) is 5.73 Å². The lowest BCUT2D eigenvalue weighted by atomic mass is 10.2. The van der Waals surface area contributed by atoms with Crippen LogP contribution in [-0.2, 0) is 7.05 Å². The van der Waals surface area contributed by atoms with Crippen LogP contribution in [-0.4, -0.2) is 20.0 Å². The van der Waals surface area contributed by atoms with E-state index < -0.39 is 0 Å². The van der Waals surface area contributed by atoms with Crippen molar-refractivity contribution in [1.82, 2.24) is 20.0 Å². The van der Waals surface area contributed by atoms with E-state index >= 15 is 0 Å². The zero-order valence-electron chi connectivity index (χ0n) is 8.10. The zero-order valence-corrected chi connectivity index (χ0v) is 8.10. The number of nitrogens with two attached hydrogens (primary N) is 1. The van der Waals surface area contributed by atoms with E-state index in [1.807, 2.05) is 20.0 Å². The van der Waals surface area contributed by atoms with Crippen molar-refractivity contribution in [3.05, 3.63) is 24.0 Å². The Kier molecular flexibility index (Phi) is 1.92. The Morgan fingerprint density at radius 3 is 2.64 bits per heavy atom. The molecule has 2 aromatic heterocycles. The number of aryl methyl sites for hydroxylation is 2. The summed E-state index contributed by atoms with van der Waals surface area (Å²) in [5, 5.41) is 7.89. The maximum absolute atomic E-state index is 5.51. The Bertz CT molecular complexity index is 423. The monoisotopic (exact) mass is 189 g/mol. The quantitative estimate of drug-likeness (QED) is 0.719. The van der Waals surface area contributed by atoms with Crippen LogP contribution in [0.25, 0.3) is 11.3 Å². The van der Waals surface area contributed by atoms with Gasteiger partial charge < -0.3 is 5.73 Å². The number of nitrogens with zero attached hydrogens (tertiary/aromatic N) is 4. The molecule has 0 radical (unpaired) electrons. The van der Waals surface area contributed by atoms with Crippen LogP contribution in [0.15, 0.2) is 18.3 Å². The minimum atomic E-state index is 0.515. The molecule has 0 fully saturated rings. The normalized spacial score (nSPS) is 10.4. The molecule has 5 nitrogen and oxygen atoms in total. The molecule has 0 saturated carbocycles. The van der Waals surface area contributed by atoms with Gasteiger partial charge in [0, 0.05) is 18.8 Å². The van der Waals surface area contributed by atoms with E-state index in [0.717, 1.165) is 17.0 Å². The van der Waals surface area contributed by atoms with E-state index in [-0.39, 0.29) is 0 Å². The molecule has 0 aliphatic heterocycles. The molecule has 72 valence electrons. The summed E-state index contributed by atoms with van der Waals surface area (Å²) in [5.41, 5.74) is 8.34. The third kappa shape index (κ3) is 1.32. The molecule has 5 heteroatoms. The van der Waals surface area contributed by atoms with Crippen LogP contribution in [0.5, 0.6) is 0 Å². The average Bonchev–Trinajstić information content (AvgIpc) is 2.49. The largest absolute Gasteiger partial charge is 0.384 e. The molecule has 2 heterocycles. The predicted octanol–water partition coefficient (Wildman–Crippen LogP) is 0.768. The highest BCUT2D eigenvalue weighted by molar-refractivity contribution is 5.61. The third-order valence-electron chi connectivity index (χ3n) is 2.05. The molecule has 2 rings (SSSR count). The molecule has 0 saturated heterocycles.